The maximum atomic E-state index is 12.2. The number of nitrogens with one attached hydrogen (secondary N) is 1. The predicted molar refractivity (Wildman–Crippen MR) is 77.4 cm³/mol. The number of benzene rings is 1. The van der Waals surface area contributed by atoms with Crippen molar-refractivity contribution in [2.45, 2.75) is 38.6 Å². The minimum absolute atomic E-state index is 0.0476. The minimum Gasteiger partial charge on any atom is -0.399 e. The van der Waals surface area contributed by atoms with Crippen LogP contribution in [0.25, 0.3) is 0 Å². The van der Waals surface area contributed by atoms with Crippen LogP contribution in [0, 0.1) is 5.92 Å². The molecule has 1 saturated carbocycles. The lowest BCUT2D eigenvalue weighted by molar-refractivity contribution is 0.0926. The van der Waals surface area contributed by atoms with E-state index in [0.29, 0.717) is 17.2 Å². The van der Waals surface area contributed by atoms with Gasteiger partial charge in [-0.15, -0.1) is 0 Å². The van der Waals surface area contributed by atoms with Crippen LogP contribution in [0.2, 0.25) is 0 Å². The van der Waals surface area contributed by atoms with Gasteiger partial charge < -0.3 is 11.1 Å². The highest BCUT2D eigenvalue weighted by Gasteiger charge is 2.23. The molecule has 0 bridgehead atoms. The molecule has 98 valence electrons. The maximum absolute atomic E-state index is 12.2. The van der Waals surface area contributed by atoms with Crippen molar-refractivity contribution in [1.82, 2.24) is 5.32 Å². The molecule has 18 heavy (non-hydrogen) atoms. The first-order valence-electron chi connectivity index (χ1n) is 6.44. The van der Waals surface area contributed by atoms with Crippen LogP contribution in [0.3, 0.4) is 0 Å². The first-order valence-corrected chi connectivity index (χ1v) is 7.23. The van der Waals surface area contributed by atoms with E-state index in [1.165, 1.54) is 25.7 Å². The molecule has 0 unspecified atom stereocenters. The summed E-state index contributed by atoms with van der Waals surface area (Å²) < 4.78 is 0.785. The summed E-state index contributed by atoms with van der Waals surface area (Å²) in [5, 5.41) is 3.08. The van der Waals surface area contributed by atoms with Crippen molar-refractivity contribution in [2.75, 3.05) is 5.73 Å². The fourth-order valence-corrected chi connectivity index (χ4v) is 3.00. The smallest absolute Gasteiger partial charge is 0.252 e. The van der Waals surface area contributed by atoms with Crippen molar-refractivity contribution in [3.05, 3.63) is 28.2 Å². The molecule has 0 aliphatic heterocycles. The van der Waals surface area contributed by atoms with Gasteiger partial charge in [0, 0.05) is 16.2 Å². The number of hydrogen-bond donors (Lipinski definition) is 2. The average Bonchev–Trinajstić information content (AvgIpc) is 2.85. The van der Waals surface area contributed by atoms with Gasteiger partial charge in [0.2, 0.25) is 0 Å². The second-order valence-electron chi connectivity index (χ2n) is 5.05. The zero-order valence-corrected chi connectivity index (χ0v) is 12.2. The van der Waals surface area contributed by atoms with E-state index in [2.05, 4.69) is 28.2 Å². The van der Waals surface area contributed by atoms with Gasteiger partial charge in [0.25, 0.3) is 5.91 Å². The predicted octanol–water partition coefficient (Wildman–Crippen LogP) is 3.34. The van der Waals surface area contributed by atoms with Crippen LogP contribution in [-0.2, 0) is 0 Å². The first kappa shape index (κ1) is 13.4. The van der Waals surface area contributed by atoms with Gasteiger partial charge in [-0.3, -0.25) is 4.79 Å². The van der Waals surface area contributed by atoms with Crippen LogP contribution in [0.4, 0.5) is 5.69 Å². The van der Waals surface area contributed by atoms with Crippen molar-refractivity contribution in [2.24, 2.45) is 5.92 Å². The Labute approximate surface area is 116 Å². The summed E-state index contributed by atoms with van der Waals surface area (Å²) in [6.45, 7) is 2.09. The van der Waals surface area contributed by atoms with Crippen LogP contribution < -0.4 is 11.1 Å². The SMILES string of the molecule is C[C@H](NC(=O)c1cc(N)ccc1Br)C1CCCC1. The number of nitrogens with two attached hydrogens (primary N) is 1. The van der Waals surface area contributed by atoms with Gasteiger partial charge in [-0.25, -0.2) is 0 Å². The van der Waals surface area contributed by atoms with E-state index in [-0.39, 0.29) is 11.9 Å². The molecule has 2 rings (SSSR count). The molecule has 1 aromatic rings. The normalized spacial score (nSPS) is 17.7. The molecule has 0 aromatic heterocycles. The topological polar surface area (TPSA) is 55.1 Å². The van der Waals surface area contributed by atoms with Crippen molar-refractivity contribution in [3.8, 4) is 0 Å². The van der Waals surface area contributed by atoms with Gasteiger partial charge in [0.15, 0.2) is 0 Å². The monoisotopic (exact) mass is 310 g/mol. The number of carbonyl (C=O) groups is 1. The molecule has 1 aliphatic rings. The Morgan fingerprint density at radius 1 is 1.44 bits per heavy atom. The van der Waals surface area contributed by atoms with Gasteiger partial charge in [0.1, 0.15) is 0 Å². The number of rotatable bonds is 3. The van der Waals surface area contributed by atoms with Crippen LogP contribution in [-0.4, -0.2) is 11.9 Å². The highest BCUT2D eigenvalue weighted by atomic mass is 79.9. The lowest BCUT2D eigenvalue weighted by Gasteiger charge is -2.20. The van der Waals surface area contributed by atoms with E-state index in [9.17, 15) is 4.79 Å². The minimum atomic E-state index is -0.0476. The molecule has 1 aliphatic carbocycles. The Morgan fingerprint density at radius 2 is 2.11 bits per heavy atom. The Balaban J connectivity index is 2.04. The number of nitrogen functional groups attached to an aromatic ring is 1. The summed E-state index contributed by atoms with van der Waals surface area (Å²) in [5.41, 5.74) is 6.94. The first-order chi connectivity index (χ1) is 8.58. The van der Waals surface area contributed by atoms with Crippen LogP contribution >= 0.6 is 15.9 Å². The van der Waals surface area contributed by atoms with E-state index in [0.717, 1.165) is 4.47 Å². The van der Waals surface area contributed by atoms with E-state index in [4.69, 9.17) is 5.73 Å². The number of carbonyl (C=O) groups excluding carboxylic acids is 1. The molecule has 1 fully saturated rings. The molecule has 0 saturated heterocycles. The number of hydrogen-bond acceptors (Lipinski definition) is 2. The third-order valence-corrected chi connectivity index (χ3v) is 4.39. The Morgan fingerprint density at radius 3 is 2.78 bits per heavy atom. The van der Waals surface area contributed by atoms with Gasteiger partial charge in [-0.1, -0.05) is 12.8 Å². The van der Waals surface area contributed by atoms with Gasteiger partial charge in [0.05, 0.1) is 5.56 Å². The van der Waals surface area contributed by atoms with Crippen LogP contribution in [0.15, 0.2) is 22.7 Å². The molecule has 4 heteroatoms. The second kappa shape index (κ2) is 5.74. The standard InChI is InChI=1S/C14H19BrN2O/c1-9(10-4-2-3-5-10)17-14(18)12-8-11(16)6-7-13(12)15/h6-10H,2-5,16H2,1H3,(H,17,18)/t9-/m0/s1. The van der Waals surface area contributed by atoms with Gasteiger partial charge in [-0.05, 0) is 59.8 Å². The molecule has 3 N–H and O–H groups in total. The summed E-state index contributed by atoms with van der Waals surface area (Å²) in [7, 11) is 0. The third kappa shape index (κ3) is 3.05. The zero-order chi connectivity index (χ0) is 13.1. The fourth-order valence-electron chi connectivity index (χ4n) is 2.58. The third-order valence-electron chi connectivity index (χ3n) is 3.70. The average molecular weight is 311 g/mol. The van der Waals surface area contributed by atoms with Crippen LogP contribution in [0.5, 0.6) is 0 Å². The highest BCUT2D eigenvalue weighted by molar-refractivity contribution is 9.10. The molecule has 0 heterocycles. The molecule has 1 atom stereocenters. The van der Waals surface area contributed by atoms with E-state index in [1.807, 2.05) is 6.07 Å². The van der Waals surface area contributed by atoms with Gasteiger partial charge in [-0.2, -0.15) is 0 Å². The Kier molecular flexibility index (Phi) is 4.27. The van der Waals surface area contributed by atoms with Crippen molar-refractivity contribution in [1.29, 1.82) is 0 Å². The van der Waals surface area contributed by atoms with Crippen LogP contribution in [0.1, 0.15) is 43.0 Å². The summed E-state index contributed by atoms with van der Waals surface area (Å²) in [5.74, 6) is 0.572. The lowest BCUT2D eigenvalue weighted by atomic mass is 9.99. The van der Waals surface area contributed by atoms with Crippen molar-refractivity contribution < 1.29 is 4.79 Å². The second-order valence-corrected chi connectivity index (χ2v) is 5.90. The summed E-state index contributed by atoms with van der Waals surface area (Å²) in [6, 6.07) is 5.53. The zero-order valence-electron chi connectivity index (χ0n) is 10.6. The molecular weight excluding hydrogens is 292 g/mol. The number of halogens is 1. The van der Waals surface area contributed by atoms with E-state index >= 15 is 0 Å². The summed E-state index contributed by atoms with van der Waals surface area (Å²) in [6.07, 6.45) is 5.01. The molecule has 1 aromatic carbocycles. The molecular formula is C14H19BrN2O. The summed E-state index contributed by atoms with van der Waals surface area (Å²) in [4.78, 5) is 12.2. The van der Waals surface area contributed by atoms with E-state index < -0.39 is 0 Å². The largest absolute Gasteiger partial charge is 0.399 e. The quantitative estimate of drug-likeness (QED) is 0.841. The Bertz CT molecular complexity index is 441. The Hall–Kier alpha value is -1.03. The molecule has 0 spiro atoms. The van der Waals surface area contributed by atoms with E-state index in [1.54, 1.807) is 12.1 Å². The van der Waals surface area contributed by atoms with Crippen molar-refractivity contribution in [3.63, 3.8) is 0 Å². The number of amides is 1. The van der Waals surface area contributed by atoms with Crippen molar-refractivity contribution >= 4 is 27.5 Å². The highest BCUT2D eigenvalue weighted by Crippen LogP contribution is 2.28. The molecule has 3 nitrogen and oxygen atoms in total. The van der Waals surface area contributed by atoms with Gasteiger partial charge >= 0.3 is 0 Å². The molecule has 0 radical (unpaired) electrons. The fraction of sp³-hybridized carbons (Fsp3) is 0.500. The maximum Gasteiger partial charge on any atom is 0.252 e. The number of anilines is 1. The molecule has 1 amide bonds. The lowest BCUT2D eigenvalue weighted by Crippen LogP contribution is -2.37. The summed E-state index contributed by atoms with van der Waals surface area (Å²) >= 11 is 3.39.